The number of nitrogens with zero attached hydrogens (tertiary/aromatic N) is 5. The lowest BCUT2D eigenvalue weighted by atomic mass is 9.81. The number of likely N-dealkylation sites (N-methyl/N-ethyl adjacent to an activating group) is 1. The quantitative estimate of drug-likeness (QED) is 0.147. The van der Waals surface area contributed by atoms with Crippen LogP contribution in [-0.2, 0) is 4.79 Å². The molecule has 2 saturated carbocycles. The number of rotatable bonds is 8. The number of aromatic nitrogens is 2. The molecule has 2 bridgehead atoms. The molecule has 3 fully saturated rings. The Morgan fingerprint density at radius 1 is 1.27 bits per heavy atom. The summed E-state index contributed by atoms with van der Waals surface area (Å²) in [5.74, 6) is 2.51. The highest BCUT2D eigenvalue weighted by molar-refractivity contribution is 7.99. The maximum atomic E-state index is 12.2. The Kier molecular flexibility index (Phi) is 12.4. The Bertz CT molecular complexity index is 1170. The number of nitro benzene ring substituents is 1. The van der Waals surface area contributed by atoms with E-state index in [1.807, 2.05) is 17.8 Å². The molecule has 1 saturated heterocycles. The van der Waals surface area contributed by atoms with E-state index in [0.717, 1.165) is 50.2 Å². The molecule has 3 aliphatic rings. The fraction of sp³-hybridized carbons (Fsp3) is 0.593. The standard InChI is InChI=1S/C22H31N3O4S.C4H3ClFN3.CH5N/c1-15-18-11-16(19(15)14-26)12-22(18)30-10-9-29-21-13-17(25(27)28)3-4-20(21)24-7-5-23(2)6-8-24;5-4-8-1-2(6)3(7)9-4;1-2/h3-4,13-16,18-19,22H,5-12H2,1-2H3;1H,(H2,7,8,9);2H2,1H3/t15-,16+,18+,19-,22-;;/m1../s1. The predicted octanol–water partition coefficient (Wildman–Crippen LogP) is 3.74. The lowest BCUT2D eigenvalue weighted by Crippen LogP contribution is -2.44. The van der Waals surface area contributed by atoms with Crippen LogP contribution in [0.3, 0.4) is 0 Å². The fourth-order valence-electron chi connectivity index (χ4n) is 5.83. The number of thioether (sulfide) groups is 1. The normalized spacial score (nSPS) is 25.0. The van der Waals surface area contributed by atoms with Gasteiger partial charge in [0.05, 0.1) is 29.5 Å². The van der Waals surface area contributed by atoms with Crippen molar-refractivity contribution in [2.24, 2.45) is 29.4 Å². The van der Waals surface area contributed by atoms with Crippen LogP contribution in [0.4, 0.5) is 21.6 Å². The summed E-state index contributed by atoms with van der Waals surface area (Å²) in [4.78, 5) is 33.4. The molecule has 2 aliphatic carbocycles. The van der Waals surface area contributed by atoms with Crippen LogP contribution in [-0.4, -0.2) is 84.0 Å². The van der Waals surface area contributed by atoms with Crippen molar-refractivity contribution in [3.63, 3.8) is 0 Å². The Morgan fingerprint density at radius 2 is 1.98 bits per heavy atom. The molecule has 0 radical (unpaired) electrons. The third kappa shape index (κ3) is 8.40. The first-order valence-electron chi connectivity index (χ1n) is 13.6. The van der Waals surface area contributed by atoms with Gasteiger partial charge in [0.15, 0.2) is 11.6 Å². The predicted molar refractivity (Wildman–Crippen MR) is 161 cm³/mol. The number of anilines is 2. The van der Waals surface area contributed by atoms with Crippen molar-refractivity contribution in [2.45, 2.75) is 25.0 Å². The molecule has 41 heavy (non-hydrogen) atoms. The molecule has 1 aromatic heterocycles. The fourth-order valence-corrected chi connectivity index (χ4v) is 7.44. The van der Waals surface area contributed by atoms with E-state index < -0.39 is 5.82 Å². The van der Waals surface area contributed by atoms with E-state index >= 15 is 0 Å². The van der Waals surface area contributed by atoms with Crippen LogP contribution in [0.15, 0.2) is 24.4 Å². The Labute approximate surface area is 249 Å². The average Bonchev–Trinajstić information content (AvgIpc) is 3.52. The zero-order valence-electron chi connectivity index (χ0n) is 23.6. The van der Waals surface area contributed by atoms with Gasteiger partial charge in [0.2, 0.25) is 5.28 Å². The Hall–Kier alpha value is -2.74. The molecule has 0 spiro atoms. The number of aldehydes is 1. The van der Waals surface area contributed by atoms with Gasteiger partial charge >= 0.3 is 0 Å². The van der Waals surface area contributed by atoms with E-state index in [0.29, 0.717) is 35.4 Å². The highest BCUT2D eigenvalue weighted by Crippen LogP contribution is 2.55. The molecule has 14 heteroatoms. The van der Waals surface area contributed by atoms with Gasteiger partial charge in [-0.2, -0.15) is 16.7 Å². The molecule has 5 rings (SSSR count). The SMILES string of the molecule is CN.C[C@H]1[C@@H](C=O)[C@H]2C[C@@H]1[C@H](SCCOc1cc([N+](=O)[O-])ccc1N1CCN(C)CC1)C2.Nc1nc(Cl)ncc1F. The van der Waals surface area contributed by atoms with Gasteiger partial charge < -0.3 is 30.8 Å². The number of hydrogen-bond donors (Lipinski definition) is 2. The van der Waals surface area contributed by atoms with E-state index in [2.05, 4.69) is 39.5 Å². The summed E-state index contributed by atoms with van der Waals surface area (Å²) in [6, 6.07) is 4.95. The number of benzene rings is 1. The minimum atomic E-state index is -0.653. The van der Waals surface area contributed by atoms with Crippen molar-refractivity contribution in [2.75, 3.05) is 63.3 Å². The lowest BCUT2D eigenvalue weighted by molar-refractivity contribution is -0.384. The maximum absolute atomic E-state index is 12.2. The highest BCUT2D eigenvalue weighted by atomic mass is 35.5. The third-order valence-corrected chi connectivity index (χ3v) is 9.54. The number of ether oxygens (including phenoxy) is 1. The molecule has 11 nitrogen and oxygen atoms in total. The van der Waals surface area contributed by atoms with Crippen molar-refractivity contribution in [3.8, 4) is 5.75 Å². The van der Waals surface area contributed by atoms with Crippen LogP contribution in [0, 0.1) is 39.6 Å². The summed E-state index contributed by atoms with van der Waals surface area (Å²) in [5.41, 5.74) is 10.5. The van der Waals surface area contributed by atoms with Gasteiger partial charge in [0.1, 0.15) is 12.0 Å². The van der Waals surface area contributed by atoms with Gasteiger partial charge in [-0.1, -0.05) is 6.92 Å². The maximum Gasteiger partial charge on any atom is 0.273 e. The van der Waals surface area contributed by atoms with Gasteiger partial charge in [-0.15, -0.1) is 0 Å². The first kappa shape index (κ1) is 32.8. The summed E-state index contributed by atoms with van der Waals surface area (Å²) >= 11 is 7.19. The van der Waals surface area contributed by atoms with E-state index in [9.17, 15) is 19.3 Å². The number of nitrogens with two attached hydrogens (primary N) is 2. The molecule has 5 atom stereocenters. The zero-order valence-corrected chi connectivity index (χ0v) is 25.2. The van der Waals surface area contributed by atoms with Crippen LogP contribution < -0.4 is 21.1 Å². The molecule has 1 aromatic carbocycles. The second kappa shape index (κ2) is 15.5. The largest absolute Gasteiger partial charge is 0.490 e. The number of nitro groups is 1. The number of piperazine rings is 1. The molecular weight excluding hydrogens is 573 g/mol. The second-order valence-corrected chi connectivity index (χ2v) is 12.0. The first-order chi connectivity index (χ1) is 19.7. The molecule has 2 aromatic rings. The number of hydrogen-bond acceptors (Lipinski definition) is 11. The van der Waals surface area contributed by atoms with Gasteiger partial charge in [0, 0.05) is 49.2 Å². The molecule has 0 unspecified atom stereocenters. The molecule has 4 N–H and O–H groups in total. The molecule has 1 aliphatic heterocycles. The van der Waals surface area contributed by atoms with Crippen LogP contribution in [0.2, 0.25) is 5.28 Å². The van der Waals surface area contributed by atoms with Crippen LogP contribution in [0.5, 0.6) is 5.75 Å². The van der Waals surface area contributed by atoms with Crippen molar-refractivity contribution < 1.29 is 18.8 Å². The summed E-state index contributed by atoms with van der Waals surface area (Å²) < 4.78 is 18.3. The summed E-state index contributed by atoms with van der Waals surface area (Å²) in [7, 11) is 3.61. The van der Waals surface area contributed by atoms with Crippen molar-refractivity contribution in [3.05, 3.63) is 45.6 Å². The molecule has 0 amide bonds. The monoisotopic (exact) mass is 611 g/mol. The number of carbonyl (C=O) groups is 1. The second-order valence-electron chi connectivity index (χ2n) is 10.3. The highest BCUT2D eigenvalue weighted by Gasteiger charge is 2.50. The Morgan fingerprint density at radius 3 is 2.56 bits per heavy atom. The Balaban J connectivity index is 0.000000355. The number of carbonyl (C=O) groups excluding carboxylic acids is 1. The third-order valence-electron chi connectivity index (χ3n) is 7.98. The van der Waals surface area contributed by atoms with Gasteiger partial charge in [-0.3, -0.25) is 10.1 Å². The van der Waals surface area contributed by atoms with Crippen molar-refractivity contribution in [1.29, 1.82) is 0 Å². The molecule has 2 heterocycles. The van der Waals surface area contributed by atoms with Crippen LogP contribution in [0.1, 0.15) is 19.8 Å². The van der Waals surface area contributed by atoms with Crippen molar-refractivity contribution in [1.82, 2.24) is 14.9 Å². The van der Waals surface area contributed by atoms with E-state index in [4.69, 9.17) is 22.1 Å². The number of non-ortho nitro benzene ring substituents is 1. The van der Waals surface area contributed by atoms with E-state index in [1.165, 1.54) is 19.8 Å². The summed E-state index contributed by atoms with van der Waals surface area (Å²) in [6.45, 7) is 6.47. The van der Waals surface area contributed by atoms with Crippen molar-refractivity contribution >= 4 is 46.8 Å². The number of halogens is 2. The average molecular weight is 612 g/mol. The first-order valence-corrected chi connectivity index (χ1v) is 15.0. The van der Waals surface area contributed by atoms with E-state index in [-0.39, 0.29) is 27.6 Å². The van der Waals surface area contributed by atoms with E-state index in [1.54, 1.807) is 12.1 Å². The van der Waals surface area contributed by atoms with Crippen LogP contribution in [0.25, 0.3) is 0 Å². The zero-order chi connectivity index (χ0) is 30.1. The van der Waals surface area contributed by atoms with Crippen LogP contribution >= 0.6 is 23.4 Å². The molecular formula is C27H39ClFN7O4S. The summed E-state index contributed by atoms with van der Waals surface area (Å²) in [5, 5.41) is 11.8. The lowest BCUT2D eigenvalue weighted by Gasteiger charge is -2.34. The topological polar surface area (TPSA) is 154 Å². The smallest absolute Gasteiger partial charge is 0.273 e. The minimum Gasteiger partial charge on any atom is -0.490 e. The van der Waals surface area contributed by atoms with Gasteiger partial charge in [-0.05, 0) is 62.4 Å². The molecule has 226 valence electrons. The summed E-state index contributed by atoms with van der Waals surface area (Å²) in [6.07, 6.45) is 4.40. The van der Waals surface area contributed by atoms with Gasteiger partial charge in [0.25, 0.3) is 5.69 Å². The number of nitrogen functional groups attached to an aromatic ring is 1. The minimum absolute atomic E-state index is 0.0473. The number of fused-ring (bicyclic) bond motifs is 2. The van der Waals surface area contributed by atoms with Gasteiger partial charge in [-0.25, -0.2) is 9.37 Å².